The SMILES string of the molecule is CN(C)C(N)NC(O)(CCC1CCCCC1)C[C@H]1CCC[C@@H](NC(=O)C2=CCNC=C2)C1. The topological polar surface area (TPSA) is 103 Å². The van der Waals surface area contributed by atoms with Gasteiger partial charge in [-0.3, -0.25) is 15.0 Å². The molecule has 2 aliphatic carbocycles. The highest BCUT2D eigenvalue weighted by atomic mass is 16.3. The molecular weight excluding hydrogens is 402 g/mol. The zero-order valence-corrected chi connectivity index (χ0v) is 20.1. The summed E-state index contributed by atoms with van der Waals surface area (Å²) in [4.78, 5) is 14.5. The van der Waals surface area contributed by atoms with Gasteiger partial charge in [-0.1, -0.05) is 51.0 Å². The number of hydrogen-bond acceptors (Lipinski definition) is 6. The Kier molecular flexibility index (Phi) is 9.59. The quantitative estimate of drug-likeness (QED) is 0.330. The van der Waals surface area contributed by atoms with Gasteiger partial charge in [-0.15, -0.1) is 0 Å². The predicted molar refractivity (Wildman–Crippen MR) is 129 cm³/mol. The molecule has 2 fully saturated rings. The molecule has 0 radical (unpaired) electrons. The maximum absolute atomic E-state index is 12.6. The van der Waals surface area contributed by atoms with Crippen molar-refractivity contribution in [3.05, 3.63) is 23.9 Å². The van der Waals surface area contributed by atoms with E-state index in [0.717, 1.165) is 50.0 Å². The smallest absolute Gasteiger partial charge is 0.251 e. The van der Waals surface area contributed by atoms with Gasteiger partial charge < -0.3 is 21.5 Å². The third-order valence-corrected chi connectivity index (χ3v) is 7.49. The first-order valence-corrected chi connectivity index (χ1v) is 12.7. The Morgan fingerprint density at radius 1 is 1.22 bits per heavy atom. The van der Waals surface area contributed by atoms with Gasteiger partial charge in [0, 0.05) is 18.2 Å². The Hall–Kier alpha value is -1.41. The maximum atomic E-state index is 12.6. The van der Waals surface area contributed by atoms with Gasteiger partial charge in [-0.05, 0) is 70.3 Å². The first-order valence-electron chi connectivity index (χ1n) is 12.7. The fraction of sp³-hybridized carbons (Fsp3) is 0.800. The van der Waals surface area contributed by atoms with Crippen LogP contribution in [0.3, 0.4) is 0 Å². The molecule has 0 saturated heterocycles. The maximum Gasteiger partial charge on any atom is 0.251 e. The number of amides is 1. The number of dihydropyridines is 1. The Labute approximate surface area is 194 Å². The van der Waals surface area contributed by atoms with Crippen LogP contribution < -0.4 is 21.7 Å². The van der Waals surface area contributed by atoms with Gasteiger partial charge >= 0.3 is 0 Å². The van der Waals surface area contributed by atoms with Crippen molar-refractivity contribution in [3.63, 3.8) is 0 Å². The molecule has 0 spiro atoms. The van der Waals surface area contributed by atoms with Crippen LogP contribution in [0, 0.1) is 11.8 Å². The van der Waals surface area contributed by atoms with E-state index in [4.69, 9.17) is 5.73 Å². The summed E-state index contributed by atoms with van der Waals surface area (Å²) < 4.78 is 0. The lowest BCUT2D eigenvalue weighted by Gasteiger charge is -2.40. The van der Waals surface area contributed by atoms with Crippen molar-refractivity contribution in [1.29, 1.82) is 0 Å². The number of nitrogens with two attached hydrogens (primary N) is 1. The molecule has 7 nitrogen and oxygen atoms in total. The van der Waals surface area contributed by atoms with E-state index in [2.05, 4.69) is 16.0 Å². The third-order valence-electron chi connectivity index (χ3n) is 7.49. The van der Waals surface area contributed by atoms with Gasteiger partial charge in [0.05, 0.1) is 0 Å². The Bertz CT molecular complexity index is 659. The molecular formula is C25H45N5O2. The van der Waals surface area contributed by atoms with Crippen molar-refractivity contribution in [2.45, 2.75) is 95.1 Å². The van der Waals surface area contributed by atoms with Crippen molar-refractivity contribution in [1.82, 2.24) is 20.9 Å². The number of carbonyl (C=O) groups excluding carboxylic acids is 1. The van der Waals surface area contributed by atoms with Crippen LogP contribution in [0.15, 0.2) is 23.9 Å². The van der Waals surface area contributed by atoms with Crippen LogP contribution in [-0.4, -0.2) is 54.6 Å². The van der Waals surface area contributed by atoms with Gasteiger partial charge in [-0.2, -0.15) is 0 Å². The molecule has 32 heavy (non-hydrogen) atoms. The number of carbonyl (C=O) groups is 1. The second-order valence-electron chi connectivity index (χ2n) is 10.4. The number of aliphatic hydroxyl groups is 1. The third kappa shape index (κ3) is 7.87. The van der Waals surface area contributed by atoms with Crippen LogP contribution in [0.2, 0.25) is 0 Å². The standard InChI is InChI=1S/C25H45N5O2/c1-30(2)24(26)29-25(32,14-11-19-7-4-3-5-8-19)18-20-9-6-10-22(17-20)28-23(31)21-12-15-27-16-13-21/h12-13,15,19-20,22,24,27,29,32H,3-11,14,16-18,26H2,1-2H3,(H,28,31)/t20-,22+,24?,25?/m0/s1. The average molecular weight is 448 g/mol. The van der Waals surface area contributed by atoms with Crippen LogP contribution in [0.5, 0.6) is 0 Å². The molecule has 2 unspecified atom stereocenters. The van der Waals surface area contributed by atoms with Gasteiger partial charge in [0.1, 0.15) is 12.0 Å². The highest BCUT2D eigenvalue weighted by Gasteiger charge is 2.35. The molecule has 4 atom stereocenters. The van der Waals surface area contributed by atoms with Crippen LogP contribution in [-0.2, 0) is 4.79 Å². The van der Waals surface area contributed by atoms with Crippen molar-refractivity contribution in [3.8, 4) is 0 Å². The molecule has 1 heterocycles. The van der Waals surface area contributed by atoms with Gasteiger partial charge in [0.2, 0.25) is 0 Å². The summed E-state index contributed by atoms with van der Waals surface area (Å²) in [6, 6.07) is 0.163. The molecule has 0 aromatic carbocycles. The number of rotatable bonds is 10. The molecule has 1 aliphatic heterocycles. The minimum absolute atomic E-state index is 0.00807. The molecule has 182 valence electrons. The summed E-state index contributed by atoms with van der Waals surface area (Å²) in [5, 5.41) is 21.3. The monoisotopic (exact) mass is 447 g/mol. The first-order chi connectivity index (χ1) is 15.3. The summed E-state index contributed by atoms with van der Waals surface area (Å²) in [6.45, 7) is 0.693. The second kappa shape index (κ2) is 12.2. The second-order valence-corrected chi connectivity index (χ2v) is 10.4. The molecule has 0 bridgehead atoms. The predicted octanol–water partition coefficient (Wildman–Crippen LogP) is 2.54. The molecule has 3 aliphatic rings. The van der Waals surface area contributed by atoms with Crippen LogP contribution in [0.4, 0.5) is 0 Å². The lowest BCUT2D eigenvalue weighted by molar-refractivity contribution is -0.118. The van der Waals surface area contributed by atoms with Crippen LogP contribution in [0.1, 0.15) is 77.0 Å². The zero-order valence-electron chi connectivity index (χ0n) is 20.1. The summed E-state index contributed by atoms with van der Waals surface area (Å²) in [5.41, 5.74) is 6.03. The van der Waals surface area contributed by atoms with E-state index in [1.165, 1.54) is 32.1 Å². The number of nitrogens with zero attached hydrogens (tertiary/aromatic N) is 1. The lowest BCUT2D eigenvalue weighted by Crippen LogP contribution is -2.60. The van der Waals surface area contributed by atoms with E-state index >= 15 is 0 Å². The minimum Gasteiger partial charge on any atom is -0.387 e. The summed E-state index contributed by atoms with van der Waals surface area (Å²) in [7, 11) is 3.85. The molecule has 0 aromatic heterocycles. The minimum atomic E-state index is -0.974. The average Bonchev–Trinajstić information content (AvgIpc) is 2.79. The van der Waals surface area contributed by atoms with E-state index in [0.29, 0.717) is 18.9 Å². The van der Waals surface area contributed by atoms with Gasteiger partial charge in [0.25, 0.3) is 5.91 Å². The van der Waals surface area contributed by atoms with Crippen molar-refractivity contribution < 1.29 is 9.90 Å². The number of nitrogens with one attached hydrogen (secondary N) is 3. The fourth-order valence-electron chi connectivity index (χ4n) is 5.53. The Morgan fingerprint density at radius 3 is 2.66 bits per heavy atom. The molecule has 2 saturated carbocycles. The van der Waals surface area contributed by atoms with Crippen molar-refractivity contribution in [2.75, 3.05) is 20.6 Å². The summed E-state index contributed by atoms with van der Waals surface area (Å²) in [6.07, 6.45) is 18.3. The van der Waals surface area contributed by atoms with E-state index in [1.54, 1.807) is 0 Å². The first kappa shape index (κ1) is 25.2. The van der Waals surface area contributed by atoms with Crippen LogP contribution >= 0.6 is 0 Å². The number of hydrogen-bond donors (Lipinski definition) is 5. The van der Waals surface area contributed by atoms with E-state index < -0.39 is 5.72 Å². The lowest BCUT2D eigenvalue weighted by atomic mass is 9.78. The largest absolute Gasteiger partial charge is 0.387 e. The molecule has 6 N–H and O–H groups in total. The Morgan fingerprint density at radius 2 is 1.97 bits per heavy atom. The van der Waals surface area contributed by atoms with E-state index in [1.807, 2.05) is 37.3 Å². The summed E-state index contributed by atoms with van der Waals surface area (Å²) >= 11 is 0. The summed E-state index contributed by atoms with van der Waals surface area (Å²) in [5.74, 6) is 1.09. The fourth-order valence-corrected chi connectivity index (χ4v) is 5.53. The Balaban J connectivity index is 1.57. The molecule has 0 aromatic rings. The van der Waals surface area contributed by atoms with Crippen molar-refractivity contribution >= 4 is 5.91 Å². The van der Waals surface area contributed by atoms with Gasteiger partial charge in [-0.25, -0.2) is 0 Å². The molecule has 1 amide bonds. The highest BCUT2D eigenvalue weighted by molar-refractivity contribution is 5.96. The van der Waals surface area contributed by atoms with E-state index in [-0.39, 0.29) is 18.2 Å². The van der Waals surface area contributed by atoms with Crippen LogP contribution in [0.25, 0.3) is 0 Å². The van der Waals surface area contributed by atoms with Crippen molar-refractivity contribution in [2.24, 2.45) is 17.6 Å². The molecule has 3 rings (SSSR count). The normalized spacial score (nSPS) is 27.3. The highest BCUT2D eigenvalue weighted by Crippen LogP contribution is 2.35. The zero-order chi connectivity index (χ0) is 23.0. The van der Waals surface area contributed by atoms with Gasteiger partial charge in [0.15, 0.2) is 0 Å². The van der Waals surface area contributed by atoms with E-state index in [9.17, 15) is 9.90 Å². The molecule has 7 heteroatoms.